The molecule has 7 heteroatoms. The predicted molar refractivity (Wildman–Crippen MR) is 151 cm³/mol. The fourth-order valence-electron chi connectivity index (χ4n) is 3.76. The molecule has 3 aromatic rings. The molecular formula is C29H32Cl2N2O2S. The summed E-state index contributed by atoms with van der Waals surface area (Å²) in [6.07, 6.45) is 0.414. The SMILES string of the molecule is CC(C)(C)NC(=O)[C@@H](Cc1ccccc1)N(Cc1cccc(Cl)c1)C(=O)CSCc1ccc(Cl)cc1. The first-order valence-electron chi connectivity index (χ1n) is 11.8. The highest BCUT2D eigenvalue weighted by molar-refractivity contribution is 7.99. The van der Waals surface area contributed by atoms with Crippen LogP contribution in [0.4, 0.5) is 0 Å². The van der Waals surface area contributed by atoms with E-state index < -0.39 is 11.6 Å². The van der Waals surface area contributed by atoms with Gasteiger partial charge >= 0.3 is 0 Å². The Hall–Kier alpha value is -2.47. The lowest BCUT2D eigenvalue weighted by atomic mass is 10.0. The number of amides is 2. The molecule has 190 valence electrons. The third-order valence-corrected chi connectivity index (χ3v) is 6.89. The zero-order valence-electron chi connectivity index (χ0n) is 20.8. The molecule has 36 heavy (non-hydrogen) atoms. The smallest absolute Gasteiger partial charge is 0.243 e. The summed E-state index contributed by atoms with van der Waals surface area (Å²) >= 11 is 13.7. The monoisotopic (exact) mass is 542 g/mol. The standard InChI is InChI=1S/C29H32Cl2N2O2S/c1-29(2,3)32-28(35)26(17-21-8-5-4-6-9-21)33(18-23-10-7-11-25(31)16-23)27(34)20-36-19-22-12-14-24(30)15-13-22/h4-16,26H,17-20H2,1-3H3,(H,32,35)/t26-/m1/s1. The Morgan fingerprint density at radius 2 is 1.53 bits per heavy atom. The van der Waals surface area contributed by atoms with Crippen molar-refractivity contribution in [3.05, 3.63) is 106 Å². The maximum absolute atomic E-state index is 13.6. The van der Waals surface area contributed by atoms with Gasteiger partial charge < -0.3 is 10.2 Å². The highest BCUT2D eigenvalue weighted by Gasteiger charge is 2.32. The Kier molecular flexibility index (Phi) is 10.3. The Morgan fingerprint density at radius 3 is 2.17 bits per heavy atom. The molecule has 0 radical (unpaired) electrons. The number of carbonyl (C=O) groups is 2. The summed E-state index contributed by atoms with van der Waals surface area (Å²) in [7, 11) is 0. The molecule has 0 bridgehead atoms. The number of carbonyl (C=O) groups excluding carboxylic acids is 2. The van der Waals surface area contributed by atoms with Crippen LogP contribution in [0.2, 0.25) is 10.0 Å². The fraction of sp³-hybridized carbons (Fsp3) is 0.310. The number of hydrogen-bond acceptors (Lipinski definition) is 3. The molecule has 0 aromatic heterocycles. The van der Waals surface area contributed by atoms with E-state index in [4.69, 9.17) is 23.2 Å². The molecule has 4 nitrogen and oxygen atoms in total. The predicted octanol–water partition coefficient (Wildman–Crippen LogP) is 6.78. The molecule has 0 aliphatic carbocycles. The van der Waals surface area contributed by atoms with Gasteiger partial charge in [-0.05, 0) is 61.7 Å². The summed E-state index contributed by atoms with van der Waals surface area (Å²) < 4.78 is 0. The van der Waals surface area contributed by atoms with Gasteiger partial charge in [-0.3, -0.25) is 9.59 Å². The van der Waals surface area contributed by atoms with Crippen molar-refractivity contribution in [2.45, 2.75) is 51.1 Å². The van der Waals surface area contributed by atoms with Gasteiger partial charge in [0.1, 0.15) is 6.04 Å². The van der Waals surface area contributed by atoms with Gasteiger partial charge in [-0.1, -0.05) is 77.8 Å². The van der Waals surface area contributed by atoms with Gasteiger partial charge in [0.25, 0.3) is 0 Å². The minimum atomic E-state index is -0.672. The first-order valence-corrected chi connectivity index (χ1v) is 13.7. The topological polar surface area (TPSA) is 49.4 Å². The number of rotatable bonds is 10. The van der Waals surface area contributed by atoms with E-state index in [0.29, 0.717) is 22.2 Å². The minimum Gasteiger partial charge on any atom is -0.350 e. The van der Waals surface area contributed by atoms with E-state index in [2.05, 4.69) is 5.32 Å². The summed E-state index contributed by atoms with van der Waals surface area (Å²) in [5.41, 5.74) is 2.52. The fourth-order valence-corrected chi connectivity index (χ4v) is 4.97. The second kappa shape index (κ2) is 13.2. The van der Waals surface area contributed by atoms with Gasteiger partial charge in [0.2, 0.25) is 11.8 Å². The highest BCUT2D eigenvalue weighted by atomic mass is 35.5. The zero-order chi connectivity index (χ0) is 26.1. The second-order valence-electron chi connectivity index (χ2n) is 9.72. The number of nitrogens with one attached hydrogen (secondary N) is 1. The van der Waals surface area contributed by atoms with Crippen LogP contribution in [0.1, 0.15) is 37.5 Å². The maximum atomic E-state index is 13.6. The summed E-state index contributed by atoms with van der Waals surface area (Å²) in [6.45, 7) is 6.11. The molecule has 2 amide bonds. The van der Waals surface area contributed by atoms with Crippen molar-refractivity contribution in [3.8, 4) is 0 Å². The van der Waals surface area contributed by atoms with Gasteiger partial charge in [-0.25, -0.2) is 0 Å². The number of benzene rings is 3. The van der Waals surface area contributed by atoms with E-state index in [-0.39, 0.29) is 24.1 Å². The van der Waals surface area contributed by atoms with Crippen molar-refractivity contribution in [1.82, 2.24) is 10.2 Å². The van der Waals surface area contributed by atoms with Crippen LogP contribution in [-0.4, -0.2) is 34.0 Å². The maximum Gasteiger partial charge on any atom is 0.243 e. The number of nitrogens with zero attached hydrogens (tertiary/aromatic N) is 1. The number of halogens is 2. The van der Waals surface area contributed by atoms with Crippen LogP contribution in [0.5, 0.6) is 0 Å². The second-order valence-corrected chi connectivity index (χ2v) is 11.6. The van der Waals surface area contributed by atoms with E-state index >= 15 is 0 Å². The summed E-state index contributed by atoms with van der Waals surface area (Å²) in [6, 6.07) is 24.1. The average Bonchev–Trinajstić information content (AvgIpc) is 2.82. The Morgan fingerprint density at radius 1 is 0.861 bits per heavy atom. The third kappa shape index (κ3) is 9.20. The molecule has 3 rings (SSSR count). The lowest BCUT2D eigenvalue weighted by molar-refractivity contribution is -0.140. The van der Waals surface area contributed by atoms with Crippen molar-refractivity contribution in [3.63, 3.8) is 0 Å². The van der Waals surface area contributed by atoms with Crippen molar-refractivity contribution < 1.29 is 9.59 Å². The molecule has 3 aromatic carbocycles. The molecule has 1 atom stereocenters. The Balaban J connectivity index is 1.86. The molecule has 0 heterocycles. The third-order valence-electron chi connectivity index (χ3n) is 5.42. The van der Waals surface area contributed by atoms with Gasteiger partial charge in [0.05, 0.1) is 5.75 Å². The molecule has 0 fully saturated rings. The number of thioether (sulfide) groups is 1. The van der Waals surface area contributed by atoms with Crippen LogP contribution < -0.4 is 5.32 Å². The van der Waals surface area contributed by atoms with Crippen LogP contribution in [0.25, 0.3) is 0 Å². The van der Waals surface area contributed by atoms with Crippen molar-refractivity contribution in [1.29, 1.82) is 0 Å². The van der Waals surface area contributed by atoms with E-state index in [1.807, 2.05) is 93.6 Å². The summed E-state index contributed by atoms with van der Waals surface area (Å²) in [4.78, 5) is 28.9. The lowest BCUT2D eigenvalue weighted by Gasteiger charge is -2.34. The van der Waals surface area contributed by atoms with Crippen molar-refractivity contribution in [2.75, 3.05) is 5.75 Å². The molecule has 0 aliphatic rings. The van der Waals surface area contributed by atoms with Crippen LogP contribution in [0.15, 0.2) is 78.9 Å². The minimum absolute atomic E-state index is 0.0982. The van der Waals surface area contributed by atoms with Crippen molar-refractivity contribution >= 4 is 46.8 Å². The van der Waals surface area contributed by atoms with E-state index in [0.717, 1.165) is 16.7 Å². The summed E-state index contributed by atoms with van der Waals surface area (Å²) in [5.74, 6) is 0.645. The first kappa shape index (κ1) is 28.1. The van der Waals surface area contributed by atoms with Crippen molar-refractivity contribution in [2.24, 2.45) is 0 Å². The number of hydrogen-bond donors (Lipinski definition) is 1. The van der Waals surface area contributed by atoms with Crippen LogP contribution in [0.3, 0.4) is 0 Å². The highest BCUT2D eigenvalue weighted by Crippen LogP contribution is 2.21. The molecule has 0 spiro atoms. The van der Waals surface area contributed by atoms with Gasteiger partial charge in [-0.2, -0.15) is 0 Å². The average molecular weight is 544 g/mol. The molecule has 0 unspecified atom stereocenters. The quantitative estimate of drug-likeness (QED) is 0.307. The Labute approximate surface area is 228 Å². The van der Waals surface area contributed by atoms with Gasteiger partial charge in [0, 0.05) is 34.3 Å². The van der Waals surface area contributed by atoms with Crippen LogP contribution in [-0.2, 0) is 28.3 Å². The molecule has 1 N–H and O–H groups in total. The van der Waals surface area contributed by atoms with E-state index in [9.17, 15) is 9.59 Å². The summed E-state index contributed by atoms with van der Waals surface area (Å²) in [5, 5.41) is 4.36. The largest absolute Gasteiger partial charge is 0.350 e. The van der Waals surface area contributed by atoms with E-state index in [1.165, 1.54) is 11.8 Å². The normalized spacial score (nSPS) is 12.1. The van der Waals surface area contributed by atoms with Gasteiger partial charge in [-0.15, -0.1) is 11.8 Å². The van der Waals surface area contributed by atoms with Crippen LogP contribution >= 0.6 is 35.0 Å². The molecular weight excluding hydrogens is 511 g/mol. The molecule has 0 saturated carbocycles. The molecule has 0 aliphatic heterocycles. The molecule has 0 saturated heterocycles. The van der Waals surface area contributed by atoms with Crippen LogP contribution in [0, 0.1) is 0 Å². The van der Waals surface area contributed by atoms with E-state index in [1.54, 1.807) is 11.0 Å². The Bertz CT molecular complexity index is 1150. The van der Waals surface area contributed by atoms with Gasteiger partial charge in [0.15, 0.2) is 0 Å². The lowest BCUT2D eigenvalue weighted by Crippen LogP contribution is -2.54. The first-order chi connectivity index (χ1) is 17.1. The zero-order valence-corrected chi connectivity index (χ0v) is 23.2.